The van der Waals surface area contributed by atoms with Gasteiger partial charge >= 0.3 is 5.97 Å². The lowest BCUT2D eigenvalue weighted by Crippen LogP contribution is -2.61. The van der Waals surface area contributed by atoms with Crippen molar-refractivity contribution in [1.29, 1.82) is 0 Å². The van der Waals surface area contributed by atoms with Crippen LogP contribution in [0.25, 0.3) is 0 Å². The molecule has 0 saturated heterocycles. The van der Waals surface area contributed by atoms with Crippen LogP contribution in [0.1, 0.15) is 47.5 Å². The summed E-state index contributed by atoms with van der Waals surface area (Å²) in [7, 11) is 0. The van der Waals surface area contributed by atoms with E-state index >= 15 is 0 Å². The van der Waals surface area contributed by atoms with Gasteiger partial charge in [0.2, 0.25) is 35.4 Å². The van der Waals surface area contributed by atoms with Gasteiger partial charge < -0.3 is 47.6 Å². The summed E-state index contributed by atoms with van der Waals surface area (Å²) in [5.74, 6) is -7.01. The summed E-state index contributed by atoms with van der Waals surface area (Å²) in [6, 6.07) is -7.23. The Morgan fingerprint density at radius 1 is 0.737 bits per heavy atom. The molecule has 0 aliphatic heterocycles. The Morgan fingerprint density at radius 3 is 1.66 bits per heavy atom. The molecule has 6 amide bonds. The summed E-state index contributed by atoms with van der Waals surface area (Å²) >= 11 is 0. The van der Waals surface area contributed by atoms with E-state index in [-0.39, 0.29) is 12.3 Å². The number of aliphatic carboxylic acids is 1. The lowest BCUT2D eigenvalue weighted by atomic mass is 10.0. The van der Waals surface area contributed by atoms with Crippen LogP contribution in [-0.2, 0) is 33.6 Å². The molecule has 0 aromatic heterocycles. The molecule has 216 valence electrons. The average molecular weight is 547 g/mol. The highest BCUT2D eigenvalue weighted by molar-refractivity contribution is 5.97. The molecule has 16 nitrogen and oxygen atoms in total. The monoisotopic (exact) mass is 546 g/mol. The third-order valence-electron chi connectivity index (χ3n) is 5.07. The molecule has 10 N–H and O–H groups in total. The highest BCUT2D eigenvalue weighted by atomic mass is 16.4. The van der Waals surface area contributed by atoms with Gasteiger partial charge in [0.1, 0.15) is 30.2 Å². The summed E-state index contributed by atoms with van der Waals surface area (Å²) in [6.45, 7) is 6.21. The Labute approximate surface area is 219 Å². The Kier molecular flexibility index (Phi) is 14.5. The fourth-order valence-corrected chi connectivity index (χ4v) is 3.16. The van der Waals surface area contributed by atoms with Gasteiger partial charge in [0.15, 0.2) is 0 Å². The number of carboxylic acids is 1. The van der Waals surface area contributed by atoms with Crippen molar-refractivity contribution in [3.8, 4) is 0 Å². The van der Waals surface area contributed by atoms with Gasteiger partial charge in [-0.05, 0) is 26.2 Å². The second-order valence-corrected chi connectivity index (χ2v) is 9.14. The van der Waals surface area contributed by atoms with Crippen LogP contribution in [0.5, 0.6) is 0 Å². The predicted molar refractivity (Wildman–Crippen MR) is 131 cm³/mol. The number of aliphatic hydroxyl groups is 2. The third-order valence-corrected chi connectivity index (χ3v) is 5.07. The van der Waals surface area contributed by atoms with Gasteiger partial charge in [-0.3, -0.25) is 33.6 Å². The van der Waals surface area contributed by atoms with E-state index in [1.807, 2.05) is 0 Å². The molecule has 6 atom stereocenters. The summed E-state index contributed by atoms with van der Waals surface area (Å²) in [5.41, 5.74) is 5.28. The number of hydrogen-bond donors (Lipinski definition) is 9. The molecular formula is C22H38N6O10. The molecule has 0 bridgehead atoms. The van der Waals surface area contributed by atoms with E-state index in [4.69, 9.17) is 10.8 Å². The van der Waals surface area contributed by atoms with Crippen molar-refractivity contribution in [2.24, 2.45) is 11.7 Å². The molecule has 0 rings (SSSR count). The second-order valence-electron chi connectivity index (χ2n) is 9.14. The molecule has 38 heavy (non-hydrogen) atoms. The number of carboxylic acid groups (broad SMARTS) is 1. The second kappa shape index (κ2) is 16.1. The van der Waals surface area contributed by atoms with E-state index in [0.717, 1.165) is 13.8 Å². The maximum Gasteiger partial charge on any atom is 0.305 e. The Bertz CT molecular complexity index is 894. The molecule has 0 heterocycles. The first-order valence-electron chi connectivity index (χ1n) is 11.8. The number of carbonyl (C=O) groups excluding carboxylic acids is 6. The molecule has 0 aromatic carbocycles. The van der Waals surface area contributed by atoms with Crippen molar-refractivity contribution in [2.45, 2.75) is 83.8 Å². The fraction of sp³-hybridized carbons (Fsp3) is 0.682. The number of amides is 6. The molecule has 16 heteroatoms. The lowest BCUT2D eigenvalue weighted by molar-refractivity contribution is -0.142. The first kappa shape index (κ1) is 34.2. The van der Waals surface area contributed by atoms with Gasteiger partial charge in [0.05, 0.1) is 19.1 Å². The molecule has 0 aromatic rings. The number of carbonyl (C=O) groups is 7. The Hall–Kier alpha value is -3.79. The molecule has 0 saturated carbocycles. The zero-order valence-electron chi connectivity index (χ0n) is 21.9. The minimum absolute atomic E-state index is 0.0229. The predicted octanol–water partition coefficient (Wildman–Crippen LogP) is -4.17. The average Bonchev–Trinajstić information content (AvgIpc) is 2.78. The number of nitrogens with two attached hydrogens (primary N) is 1. The van der Waals surface area contributed by atoms with Gasteiger partial charge in [0, 0.05) is 6.92 Å². The number of hydrogen-bond acceptors (Lipinski definition) is 9. The van der Waals surface area contributed by atoms with Crippen molar-refractivity contribution in [1.82, 2.24) is 26.6 Å². The lowest BCUT2D eigenvalue weighted by Gasteiger charge is -2.27. The SMILES string of the molecule is CC(=O)N[C@@H](C)C(=O)N[C@@H](CC(=O)O)C(=O)N[C@H](C(=O)N[C@@H](CO)C(=O)N[C@@H](CC(C)C)C(N)=O)[C@@H](C)O. The van der Waals surface area contributed by atoms with E-state index < -0.39 is 90.8 Å². The van der Waals surface area contributed by atoms with Gasteiger partial charge in [0.25, 0.3) is 0 Å². The minimum atomic E-state index is -1.74. The zero-order chi connectivity index (χ0) is 29.7. The fourth-order valence-electron chi connectivity index (χ4n) is 3.16. The van der Waals surface area contributed by atoms with E-state index in [1.54, 1.807) is 13.8 Å². The van der Waals surface area contributed by atoms with E-state index in [1.165, 1.54) is 6.92 Å². The van der Waals surface area contributed by atoms with Crippen LogP contribution in [0, 0.1) is 5.92 Å². The van der Waals surface area contributed by atoms with Crippen LogP contribution in [0.4, 0.5) is 0 Å². The first-order chi connectivity index (χ1) is 17.5. The standard InChI is InChI=1S/C22H38N6O10/c1-9(2)6-13(18(23)34)25-21(37)15(8-29)27-22(38)17(11(4)30)28-20(36)14(7-16(32)33)26-19(35)10(3)24-12(5)31/h9-11,13-15,17,29-30H,6-8H2,1-5H3,(H2,23,34)(H,24,31)(H,25,37)(H,26,35)(H,27,38)(H,28,36)(H,32,33)/t10-,11+,13-,14-,15-,17-/m0/s1. The van der Waals surface area contributed by atoms with Crippen LogP contribution >= 0.6 is 0 Å². The molecule has 0 radical (unpaired) electrons. The van der Waals surface area contributed by atoms with Crippen LogP contribution in [0.15, 0.2) is 0 Å². The van der Waals surface area contributed by atoms with Gasteiger partial charge in [-0.2, -0.15) is 0 Å². The maximum atomic E-state index is 12.8. The molecular weight excluding hydrogens is 508 g/mol. The van der Waals surface area contributed by atoms with Gasteiger partial charge in [-0.25, -0.2) is 0 Å². The summed E-state index contributed by atoms with van der Waals surface area (Å²) in [6.07, 6.45) is -2.28. The number of rotatable bonds is 16. The van der Waals surface area contributed by atoms with E-state index in [0.29, 0.717) is 0 Å². The summed E-state index contributed by atoms with van der Waals surface area (Å²) in [4.78, 5) is 84.3. The number of primary amides is 1. The zero-order valence-corrected chi connectivity index (χ0v) is 21.9. The maximum absolute atomic E-state index is 12.8. The van der Waals surface area contributed by atoms with Crippen molar-refractivity contribution in [3.05, 3.63) is 0 Å². The van der Waals surface area contributed by atoms with Crippen molar-refractivity contribution in [3.63, 3.8) is 0 Å². The molecule has 0 aliphatic rings. The molecule has 0 spiro atoms. The van der Waals surface area contributed by atoms with Crippen molar-refractivity contribution >= 4 is 41.4 Å². The van der Waals surface area contributed by atoms with Crippen LogP contribution in [0.3, 0.4) is 0 Å². The first-order valence-corrected chi connectivity index (χ1v) is 11.8. The Morgan fingerprint density at radius 2 is 1.24 bits per heavy atom. The van der Waals surface area contributed by atoms with Crippen molar-refractivity contribution in [2.75, 3.05) is 6.61 Å². The molecule has 0 fully saturated rings. The molecule has 0 aliphatic carbocycles. The smallest absolute Gasteiger partial charge is 0.305 e. The normalized spacial score (nSPS) is 15.6. The van der Waals surface area contributed by atoms with Crippen LogP contribution < -0.4 is 32.3 Å². The van der Waals surface area contributed by atoms with Crippen LogP contribution in [0.2, 0.25) is 0 Å². The summed E-state index contributed by atoms with van der Waals surface area (Å²) in [5, 5.41) is 39.7. The largest absolute Gasteiger partial charge is 0.481 e. The van der Waals surface area contributed by atoms with E-state index in [9.17, 15) is 43.8 Å². The van der Waals surface area contributed by atoms with Gasteiger partial charge in [-0.1, -0.05) is 13.8 Å². The number of nitrogens with one attached hydrogen (secondary N) is 5. The minimum Gasteiger partial charge on any atom is -0.481 e. The van der Waals surface area contributed by atoms with E-state index in [2.05, 4.69) is 26.6 Å². The highest BCUT2D eigenvalue weighted by Crippen LogP contribution is 2.05. The third kappa shape index (κ3) is 12.4. The Balaban J connectivity index is 5.57. The topological polar surface area (TPSA) is 266 Å². The van der Waals surface area contributed by atoms with Gasteiger partial charge in [-0.15, -0.1) is 0 Å². The molecule has 0 unspecified atom stereocenters. The van der Waals surface area contributed by atoms with Crippen molar-refractivity contribution < 1.29 is 48.9 Å². The number of aliphatic hydroxyl groups excluding tert-OH is 2. The van der Waals surface area contributed by atoms with Crippen LogP contribution in [-0.4, -0.2) is 99.7 Å². The summed E-state index contributed by atoms with van der Waals surface area (Å²) < 4.78 is 0. The quantitative estimate of drug-likeness (QED) is 0.0901. The highest BCUT2D eigenvalue weighted by Gasteiger charge is 2.34.